The normalized spacial score (nSPS) is 11.8. The average Bonchev–Trinajstić information content (AvgIpc) is 2.66. The van der Waals surface area contributed by atoms with Crippen molar-refractivity contribution in [2.45, 2.75) is 39.7 Å². The maximum Gasteiger partial charge on any atom is 0.260 e. The summed E-state index contributed by atoms with van der Waals surface area (Å²) in [5.41, 5.74) is 2.55. The standard InChI is InChI=1S/C22H27ClN2O3/c1-14(2)17-10-9-15(3)20(13-17)28-16(4)21(26)24-11-12-25-22(27)18-7-5-6-8-19(18)23/h5-10,13-14,16H,11-12H2,1-4H3,(H,24,26)(H,25,27). The highest BCUT2D eigenvalue weighted by molar-refractivity contribution is 6.33. The lowest BCUT2D eigenvalue weighted by atomic mass is 10.0. The van der Waals surface area contributed by atoms with Crippen LogP contribution in [0.2, 0.25) is 5.02 Å². The molecule has 0 aliphatic heterocycles. The van der Waals surface area contributed by atoms with E-state index in [0.717, 1.165) is 11.1 Å². The molecule has 28 heavy (non-hydrogen) atoms. The summed E-state index contributed by atoms with van der Waals surface area (Å²) in [4.78, 5) is 24.4. The van der Waals surface area contributed by atoms with Gasteiger partial charge in [0.2, 0.25) is 0 Å². The fourth-order valence-corrected chi connectivity index (χ4v) is 2.81. The Bertz CT molecular complexity index is 836. The zero-order valence-electron chi connectivity index (χ0n) is 16.7. The van der Waals surface area contributed by atoms with Gasteiger partial charge in [-0.15, -0.1) is 0 Å². The number of ether oxygens (including phenoxy) is 1. The van der Waals surface area contributed by atoms with Crippen LogP contribution in [-0.4, -0.2) is 31.0 Å². The summed E-state index contributed by atoms with van der Waals surface area (Å²) in [7, 11) is 0. The van der Waals surface area contributed by atoms with Crippen molar-refractivity contribution in [2.24, 2.45) is 0 Å². The first-order valence-electron chi connectivity index (χ1n) is 9.37. The third kappa shape index (κ3) is 5.99. The summed E-state index contributed by atoms with van der Waals surface area (Å²) in [6, 6.07) is 12.9. The van der Waals surface area contributed by atoms with Crippen LogP contribution in [-0.2, 0) is 4.79 Å². The number of benzene rings is 2. The number of halogens is 1. The summed E-state index contributed by atoms with van der Waals surface area (Å²) >= 11 is 6.00. The van der Waals surface area contributed by atoms with Crippen molar-refractivity contribution < 1.29 is 14.3 Å². The molecule has 0 aliphatic carbocycles. The first-order valence-corrected chi connectivity index (χ1v) is 9.75. The summed E-state index contributed by atoms with van der Waals surface area (Å²) in [6.07, 6.45) is -0.639. The van der Waals surface area contributed by atoms with Crippen LogP contribution >= 0.6 is 11.6 Å². The molecule has 150 valence electrons. The van der Waals surface area contributed by atoms with E-state index in [0.29, 0.717) is 35.3 Å². The van der Waals surface area contributed by atoms with Crippen LogP contribution in [0, 0.1) is 6.92 Å². The number of carbonyl (C=O) groups is 2. The predicted octanol–water partition coefficient (Wildman–Crippen LogP) is 4.09. The van der Waals surface area contributed by atoms with Crippen LogP contribution < -0.4 is 15.4 Å². The molecule has 1 unspecified atom stereocenters. The molecular weight excluding hydrogens is 376 g/mol. The smallest absolute Gasteiger partial charge is 0.260 e. The highest BCUT2D eigenvalue weighted by Crippen LogP contribution is 2.25. The summed E-state index contributed by atoms with van der Waals surface area (Å²) < 4.78 is 5.84. The van der Waals surface area contributed by atoms with Gasteiger partial charge in [-0.1, -0.05) is 49.7 Å². The molecule has 0 saturated heterocycles. The van der Waals surface area contributed by atoms with E-state index < -0.39 is 6.10 Å². The Morgan fingerprint density at radius 1 is 1.04 bits per heavy atom. The Labute approximate surface area is 171 Å². The minimum atomic E-state index is -0.639. The van der Waals surface area contributed by atoms with Gasteiger partial charge < -0.3 is 15.4 Å². The van der Waals surface area contributed by atoms with Gasteiger partial charge in [-0.3, -0.25) is 9.59 Å². The maximum atomic E-state index is 12.3. The van der Waals surface area contributed by atoms with E-state index in [9.17, 15) is 9.59 Å². The van der Waals surface area contributed by atoms with Crippen LogP contribution in [0.1, 0.15) is 48.2 Å². The van der Waals surface area contributed by atoms with Crippen molar-refractivity contribution in [1.29, 1.82) is 0 Å². The molecule has 2 amide bonds. The van der Waals surface area contributed by atoms with E-state index in [-0.39, 0.29) is 11.8 Å². The molecule has 0 bridgehead atoms. The van der Waals surface area contributed by atoms with E-state index in [1.165, 1.54) is 0 Å². The number of hydrogen-bond donors (Lipinski definition) is 2. The number of aryl methyl sites for hydroxylation is 1. The van der Waals surface area contributed by atoms with Crippen molar-refractivity contribution in [3.05, 3.63) is 64.2 Å². The lowest BCUT2D eigenvalue weighted by molar-refractivity contribution is -0.127. The van der Waals surface area contributed by atoms with Crippen LogP contribution in [0.5, 0.6) is 5.75 Å². The van der Waals surface area contributed by atoms with Crippen LogP contribution in [0.15, 0.2) is 42.5 Å². The van der Waals surface area contributed by atoms with Crippen molar-refractivity contribution in [3.63, 3.8) is 0 Å². The van der Waals surface area contributed by atoms with Gasteiger partial charge in [-0.25, -0.2) is 0 Å². The summed E-state index contributed by atoms with van der Waals surface area (Å²) in [5.74, 6) is 0.585. The molecule has 0 spiro atoms. The monoisotopic (exact) mass is 402 g/mol. The highest BCUT2D eigenvalue weighted by Gasteiger charge is 2.16. The van der Waals surface area contributed by atoms with E-state index in [2.05, 4.69) is 30.5 Å². The van der Waals surface area contributed by atoms with E-state index in [4.69, 9.17) is 16.3 Å². The predicted molar refractivity (Wildman–Crippen MR) is 112 cm³/mol. The zero-order valence-corrected chi connectivity index (χ0v) is 17.5. The van der Waals surface area contributed by atoms with E-state index in [1.54, 1.807) is 31.2 Å². The molecule has 2 N–H and O–H groups in total. The Kier molecular flexibility index (Phi) is 7.88. The largest absolute Gasteiger partial charge is 0.481 e. The second-order valence-corrected chi connectivity index (χ2v) is 7.37. The summed E-state index contributed by atoms with van der Waals surface area (Å²) in [5, 5.41) is 5.90. The molecule has 6 heteroatoms. The van der Waals surface area contributed by atoms with E-state index >= 15 is 0 Å². The molecule has 0 saturated carbocycles. The number of amides is 2. The van der Waals surface area contributed by atoms with Gasteiger partial charge in [-0.05, 0) is 49.1 Å². The third-order valence-electron chi connectivity index (χ3n) is 4.38. The topological polar surface area (TPSA) is 67.4 Å². The fraction of sp³-hybridized carbons (Fsp3) is 0.364. The van der Waals surface area contributed by atoms with Crippen LogP contribution in [0.3, 0.4) is 0 Å². The second kappa shape index (κ2) is 10.1. The molecule has 0 heterocycles. The molecule has 2 aromatic carbocycles. The molecule has 5 nitrogen and oxygen atoms in total. The number of rotatable bonds is 8. The molecule has 0 aliphatic rings. The minimum Gasteiger partial charge on any atom is -0.481 e. The van der Waals surface area contributed by atoms with Gasteiger partial charge >= 0.3 is 0 Å². The fourth-order valence-electron chi connectivity index (χ4n) is 2.59. The highest BCUT2D eigenvalue weighted by atomic mass is 35.5. The molecule has 0 aromatic heterocycles. The number of nitrogens with one attached hydrogen (secondary N) is 2. The molecular formula is C22H27ClN2O3. The number of carbonyl (C=O) groups excluding carboxylic acids is 2. The molecule has 0 radical (unpaired) electrons. The third-order valence-corrected chi connectivity index (χ3v) is 4.71. The Hall–Kier alpha value is -2.53. The molecule has 0 fully saturated rings. The Balaban J connectivity index is 1.81. The van der Waals surface area contributed by atoms with Gasteiger partial charge in [0, 0.05) is 13.1 Å². The zero-order chi connectivity index (χ0) is 20.7. The van der Waals surface area contributed by atoms with Gasteiger partial charge in [0.1, 0.15) is 5.75 Å². The maximum absolute atomic E-state index is 12.3. The molecule has 1 atom stereocenters. The van der Waals surface area contributed by atoms with Crippen molar-refractivity contribution in [3.8, 4) is 5.75 Å². The van der Waals surface area contributed by atoms with E-state index in [1.807, 2.05) is 19.1 Å². The lowest BCUT2D eigenvalue weighted by Gasteiger charge is -2.18. The first-order chi connectivity index (χ1) is 13.3. The summed E-state index contributed by atoms with van der Waals surface area (Å²) in [6.45, 7) is 8.48. The SMILES string of the molecule is Cc1ccc(C(C)C)cc1OC(C)C(=O)NCCNC(=O)c1ccccc1Cl. The van der Waals surface area contributed by atoms with Crippen molar-refractivity contribution in [2.75, 3.05) is 13.1 Å². The van der Waals surface area contributed by atoms with Crippen molar-refractivity contribution >= 4 is 23.4 Å². The second-order valence-electron chi connectivity index (χ2n) is 6.97. The number of hydrogen-bond acceptors (Lipinski definition) is 3. The van der Waals surface area contributed by atoms with Gasteiger partial charge in [0.05, 0.1) is 10.6 Å². The first kappa shape index (κ1) is 21.8. The molecule has 2 rings (SSSR count). The minimum absolute atomic E-state index is 0.235. The van der Waals surface area contributed by atoms with Gasteiger partial charge in [-0.2, -0.15) is 0 Å². The van der Waals surface area contributed by atoms with Gasteiger partial charge in [0.25, 0.3) is 11.8 Å². The Morgan fingerprint density at radius 2 is 1.71 bits per heavy atom. The van der Waals surface area contributed by atoms with Crippen LogP contribution in [0.25, 0.3) is 0 Å². The van der Waals surface area contributed by atoms with Gasteiger partial charge in [0.15, 0.2) is 6.10 Å². The Morgan fingerprint density at radius 3 is 2.39 bits per heavy atom. The quantitative estimate of drug-likeness (QED) is 0.653. The van der Waals surface area contributed by atoms with Crippen LogP contribution in [0.4, 0.5) is 0 Å². The van der Waals surface area contributed by atoms with Crippen molar-refractivity contribution in [1.82, 2.24) is 10.6 Å². The lowest BCUT2D eigenvalue weighted by Crippen LogP contribution is -2.40. The molecule has 2 aromatic rings. The average molecular weight is 403 g/mol.